The third-order valence-corrected chi connectivity index (χ3v) is 4.62. The van der Waals surface area contributed by atoms with Crippen LogP contribution < -0.4 is 5.56 Å². The predicted octanol–water partition coefficient (Wildman–Crippen LogP) is 1.33. The molecular formula is C19H22N4O3. The Hall–Kier alpha value is -3.09. The van der Waals surface area contributed by atoms with Crippen molar-refractivity contribution < 1.29 is 9.59 Å². The Morgan fingerprint density at radius 2 is 1.92 bits per heavy atom. The second-order valence-electron chi connectivity index (χ2n) is 6.51. The molecule has 1 aromatic heterocycles. The molecule has 2 aromatic rings. The minimum atomic E-state index is -0.287. The maximum Gasteiger partial charge on any atom is 0.272 e. The molecule has 0 radical (unpaired) electrons. The van der Waals surface area contributed by atoms with Gasteiger partial charge in [0.05, 0.1) is 5.69 Å². The van der Waals surface area contributed by atoms with E-state index in [-0.39, 0.29) is 29.1 Å². The Labute approximate surface area is 151 Å². The quantitative estimate of drug-likeness (QED) is 0.845. The van der Waals surface area contributed by atoms with Crippen molar-refractivity contribution in [2.24, 2.45) is 0 Å². The number of carbonyl (C=O) groups excluding carboxylic acids is 2. The Morgan fingerprint density at radius 1 is 1.23 bits per heavy atom. The molecule has 2 heterocycles. The zero-order valence-corrected chi connectivity index (χ0v) is 14.9. The number of benzene rings is 1. The number of aromatic amines is 1. The molecule has 0 unspecified atom stereocenters. The van der Waals surface area contributed by atoms with Crippen molar-refractivity contribution >= 4 is 11.8 Å². The molecule has 3 rings (SSSR count). The zero-order valence-electron chi connectivity index (χ0n) is 14.9. The van der Waals surface area contributed by atoms with Gasteiger partial charge in [-0.3, -0.25) is 19.5 Å². The van der Waals surface area contributed by atoms with Crippen molar-refractivity contribution in [2.75, 3.05) is 19.6 Å². The average Bonchev–Trinajstić information content (AvgIpc) is 3.02. The van der Waals surface area contributed by atoms with Crippen LogP contribution in [0.5, 0.6) is 0 Å². The Kier molecular flexibility index (Phi) is 4.79. The van der Waals surface area contributed by atoms with Gasteiger partial charge in [0.15, 0.2) is 0 Å². The van der Waals surface area contributed by atoms with E-state index in [0.717, 1.165) is 5.56 Å². The summed E-state index contributed by atoms with van der Waals surface area (Å²) in [4.78, 5) is 40.2. The number of H-pyrrole nitrogens is 1. The second-order valence-corrected chi connectivity index (χ2v) is 6.51. The molecule has 1 N–H and O–H groups in total. The van der Waals surface area contributed by atoms with Gasteiger partial charge in [-0.2, -0.15) is 0 Å². The number of nitrogens with one attached hydrogen (secondary N) is 1. The summed E-state index contributed by atoms with van der Waals surface area (Å²) in [5.74, 6) is -0.381. The lowest BCUT2D eigenvalue weighted by molar-refractivity contribution is -0.128. The molecule has 26 heavy (non-hydrogen) atoms. The number of rotatable bonds is 3. The Morgan fingerprint density at radius 3 is 2.54 bits per heavy atom. The zero-order chi connectivity index (χ0) is 18.8. The van der Waals surface area contributed by atoms with Gasteiger partial charge in [-0.15, -0.1) is 0 Å². The number of piperazine rings is 1. The number of hydrogen-bond donors (Lipinski definition) is 1. The van der Waals surface area contributed by atoms with E-state index < -0.39 is 0 Å². The van der Waals surface area contributed by atoms with Gasteiger partial charge in [-0.1, -0.05) is 24.3 Å². The van der Waals surface area contributed by atoms with Crippen LogP contribution in [0.15, 0.2) is 47.8 Å². The minimum absolute atomic E-state index is 0.136. The molecule has 136 valence electrons. The maximum atomic E-state index is 12.8. The normalized spacial score (nSPS) is 17.2. The summed E-state index contributed by atoms with van der Waals surface area (Å²) in [5, 5.41) is 2.90. The van der Waals surface area contributed by atoms with E-state index in [1.54, 1.807) is 9.80 Å². The van der Waals surface area contributed by atoms with Crippen molar-refractivity contribution in [2.45, 2.75) is 19.9 Å². The fourth-order valence-corrected chi connectivity index (χ4v) is 3.13. The largest absolute Gasteiger partial charge is 0.335 e. The Bertz CT molecular complexity index is 894. The first-order valence-electron chi connectivity index (χ1n) is 8.52. The third kappa shape index (κ3) is 3.33. The number of hydrogen-bond acceptors (Lipinski definition) is 3. The number of aromatic nitrogens is 2. The van der Waals surface area contributed by atoms with Crippen molar-refractivity contribution in [3.8, 4) is 5.69 Å². The van der Waals surface area contributed by atoms with Gasteiger partial charge in [0.2, 0.25) is 5.91 Å². The summed E-state index contributed by atoms with van der Waals surface area (Å²) in [6.07, 6.45) is 1.28. The van der Waals surface area contributed by atoms with Crippen LogP contribution in [0.1, 0.15) is 23.0 Å². The lowest BCUT2D eigenvalue weighted by Crippen LogP contribution is -2.55. The fraction of sp³-hybridized carbons (Fsp3) is 0.316. The molecular weight excluding hydrogens is 332 g/mol. The molecule has 1 saturated heterocycles. The number of nitrogens with zero attached hydrogens (tertiary/aromatic N) is 3. The highest BCUT2D eigenvalue weighted by Gasteiger charge is 2.30. The van der Waals surface area contributed by atoms with Crippen molar-refractivity contribution in [1.29, 1.82) is 0 Å². The smallest absolute Gasteiger partial charge is 0.272 e. The van der Waals surface area contributed by atoms with Crippen molar-refractivity contribution in [1.82, 2.24) is 19.6 Å². The van der Waals surface area contributed by atoms with Crippen molar-refractivity contribution in [3.05, 3.63) is 64.6 Å². The van der Waals surface area contributed by atoms with Crippen LogP contribution in [0.4, 0.5) is 0 Å². The van der Waals surface area contributed by atoms with E-state index in [1.165, 1.54) is 16.8 Å². The first-order chi connectivity index (χ1) is 12.4. The molecule has 1 aliphatic heterocycles. The third-order valence-electron chi connectivity index (χ3n) is 4.62. The molecule has 1 atom stereocenters. The van der Waals surface area contributed by atoms with Crippen LogP contribution in [0.3, 0.4) is 0 Å². The minimum Gasteiger partial charge on any atom is -0.335 e. The SMILES string of the molecule is C=CC(=O)N1CCN(C(=O)c2cc(=O)n(-c3ccc(C)cc3)[nH]2)[C@@H](C)C1. The highest BCUT2D eigenvalue weighted by Crippen LogP contribution is 2.14. The fourth-order valence-electron chi connectivity index (χ4n) is 3.13. The Balaban J connectivity index is 1.80. The van der Waals surface area contributed by atoms with Crippen LogP contribution in [-0.4, -0.2) is 57.1 Å². The van der Waals surface area contributed by atoms with E-state index in [4.69, 9.17) is 0 Å². The first-order valence-corrected chi connectivity index (χ1v) is 8.52. The molecule has 2 amide bonds. The molecule has 7 heteroatoms. The van der Waals surface area contributed by atoms with Crippen molar-refractivity contribution in [3.63, 3.8) is 0 Å². The molecule has 0 aliphatic carbocycles. The van der Waals surface area contributed by atoms with Gasteiger partial charge < -0.3 is 9.80 Å². The average molecular weight is 354 g/mol. The van der Waals surface area contributed by atoms with E-state index >= 15 is 0 Å². The lowest BCUT2D eigenvalue weighted by Gasteiger charge is -2.39. The standard InChI is InChI=1S/C19H22N4O3/c1-4-17(24)21-9-10-22(14(3)12-21)19(26)16-11-18(25)23(20-16)15-7-5-13(2)6-8-15/h4-8,11,14,20H,1,9-10,12H2,2-3H3/t14-/m0/s1. The molecule has 1 aliphatic rings. The molecule has 7 nitrogen and oxygen atoms in total. The van der Waals surface area contributed by atoms with Gasteiger partial charge >= 0.3 is 0 Å². The molecule has 1 fully saturated rings. The lowest BCUT2D eigenvalue weighted by atomic mass is 10.1. The van der Waals surface area contributed by atoms with Gasteiger partial charge in [-0.05, 0) is 32.1 Å². The summed E-state index contributed by atoms with van der Waals surface area (Å²) >= 11 is 0. The van der Waals surface area contributed by atoms with E-state index in [0.29, 0.717) is 25.3 Å². The van der Waals surface area contributed by atoms with Crippen LogP contribution in [0.25, 0.3) is 5.69 Å². The number of aryl methyl sites for hydroxylation is 1. The first kappa shape index (κ1) is 17.7. The highest BCUT2D eigenvalue weighted by atomic mass is 16.2. The summed E-state index contributed by atoms with van der Waals surface area (Å²) in [6, 6.07) is 8.62. The summed E-state index contributed by atoms with van der Waals surface area (Å²) in [5.41, 5.74) is 1.72. The second kappa shape index (κ2) is 7.03. The van der Waals surface area contributed by atoms with Gasteiger partial charge in [-0.25, -0.2) is 4.68 Å². The van der Waals surface area contributed by atoms with Crippen LogP contribution in [0, 0.1) is 6.92 Å². The van der Waals surface area contributed by atoms with E-state index in [1.807, 2.05) is 38.1 Å². The molecule has 0 spiro atoms. The van der Waals surface area contributed by atoms with Crippen LogP contribution in [-0.2, 0) is 4.79 Å². The summed E-state index contributed by atoms with van der Waals surface area (Å²) in [6.45, 7) is 8.65. The molecule has 0 bridgehead atoms. The van der Waals surface area contributed by atoms with Crippen LogP contribution in [0.2, 0.25) is 0 Å². The summed E-state index contributed by atoms with van der Waals surface area (Å²) in [7, 11) is 0. The molecule has 0 saturated carbocycles. The van der Waals surface area contributed by atoms with E-state index in [2.05, 4.69) is 11.7 Å². The van der Waals surface area contributed by atoms with E-state index in [9.17, 15) is 14.4 Å². The monoisotopic (exact) mass is 354 g/mol. The number of carbonyl (C=O) groups is 2. The highest BCUT2D eigenvalue weighted by molar-refractivity contribution is 5.93. The maximum absolute atomic E-state index is 12.8. The summed E-state index contributed by atoms with van der Waals surface area (Å²) < 4.78 is 1.36. The van der Waals surface area contributed by atoms with Crippen LogP contribution >= 0.6 is 0 Å². The molecule has 1 aromatic carbocycles. The van der Waals surface area contributed by atoms with Gasteiger partial charge in [0.25, 0.3) is 11.5 Å². The van der Waals surface area contributed by atoms with Gasteiger partial charge in [0.1, 0.15) is 5.69 Å². The predicted molar refractivity (Wildman–Crippen MR) is 98.4 cm³/mol. The van der Waals surface area contributed by atoms with Gasteiger partial charge in [0, 0.05) is 31.7 Å². The number of amides is 2. The topological polar surface area (TPSA) is 78.4 Å².